The van der Waals surface area contributed by atoms with Crippen molar-refractivity contribution >= 4 is 0 Å². The van der Waals surface area contributed by atoms with E-state index in [0.29, 0.717) is 12.2 Å². The van der Waals surface area contributed by atoms with Crippen LogP contribution in [0, 0.1) is 12.3 Å². The molecule has 0 bridgehead atoms. The standard InChI is InChI=1S/C15H28N2O/c1-6-10-17(7-2)12-14-9-8-13(18-14)11-16-15(3,4)5/h1,13-14,16H,7-12H2,2-5H3. The molecule has 0 aromatic carbocycles. The fraction of sp³-hybridized carbons (Fsp3) is 0.867. The Hall–Kier alpha value is -0.560. The van der Waals surface area contributed by atoms with E-state index in [1.807, 2.05) is 0 Å². The average Bonchev–Trinajstić information content (AvgIpc) is 2.73. The third kappa shape index (κ3) is 5.86. The molecule has 3 nitrogen and oxygen atoms in total. The van der Waals surface area contributed by atoms with Crippen molar-refractivity contribution in [3.05, 3.63) is 0 Å². The van der Waals surface area contributed by atoms with E-state index in [1.54, 1.807) is 0 Å². The van der Waals surface area contributed by atoms with Crippen LogP contribution in [0.2, 0.25) is 0 Å². The van der Waals surface area contributed by atoms with Crippen LogP contribution in [0.4, 0.5) is 0 Å². The van der Waals surface area contributed by atoms with Gasteiger partial charge in [-0.1, -0.05) is 12.8 Å². The third-order valence-corrected chi connectivity index (χ3v) is 3.28. The predicted molar refractivity (Wildman–Crippen MR) is 76.6 cm³/mol. The van der Waals surface area contributed by atoms with Gasteiger partial charge in [-0.25, -0.2) is 0 Å². The minimum atomic E-state index is 0.167. The number of hydrogen-bond donors (Lipinski definition) is 1. The maximum atomic E-state index is 6.06. The summed E-state index contributed by atoms with van der Waals surface area (Å²) < 4.78 is 6.06. The number of rotatable bonds is 6. The first-order chi connectivity index (χ1) is 8.44. The van der Waals surface area contributed by atoms with Crippen LogP contribution in [0.3, 0.4) is 0 Å². The van der Waals surface area contributed by atoms with Crippen LogP contribution in [0.15, 0.2) is 0 Å². The molecule has 3 heteroatoms. The first-order valence-corrected chi connectivity index (χ1v) is 7.01. The zero-order valence-corrected chi connectivity index (χ0v) is 12.3. The quantitative estimate of drug-likeness (QED) is 0.731. The van der Waals surface area contributed by atoms with E-state index in [4.69, 9.17) is 11.2 Å². The highest BCUT2D eigenvalue weighted by atomic mass is 16.5. The van der Waals surface area contributed by atoms with E-state index >= 15 is 0 Å². The Kier molecular flexibility index (Phi) is 6.14. The van der Waals surface area contributed by atoms with E-state index in [2.05, 4.69) is 43.8 Å². The fourth-order valence-corrected chi connectivity index (χ4v) is 2.21. The second-order valence-corrected chi connectivity index (χ2v) is 6.12. The van der Waals surface area contributed by atoms with Gasteiger partial charge in [0.1, 0.15) is 0 Å². The molecule has 1 aliphatic heterocycles. The van der Waals surface area contributed by atoms with Crippen molar-refractivity contribution in [3.8, 4) is 12.3 Å². The van der Waals surface area contributed by atoms with E-state index in [1.165, 1.54) is 0 Å². The van der Waals surface area contributed by atoms with E-state index in [-0.39, 0.29) is 5.54 Å². The van der Waals surface area contributed by atoms with Crippen molar-refractivity contribution in [2.45, 2.75) is 58.3 Å². The second-order valence-electron chi connectivity index (χ2n) is 6.12. The Labute approximate surface area is 112 Å². The van der Waals surface area contributed by atoms with E-state index in [9.17, 15) is 0 Å². The predicted octanol–water partition coefficient (Wildman–Crippen LogP) is 1.88. The minimum absolute atomic E-state index is 0.167. The molecule has 0 aromatic heterocycles. The first-order valence-electron chi connectivity index (χ1n) is 7.01. The molecule has 0 saturated carbocycles. The van der Waals surface area contributed by atoms with Gasteiger partial charge in [-0.2, -0.15) is 0 Å². The van der Waals surface area contributed by atoms with Crippen molar-refractivity contribution in [3.63, 3.8) is 0 Å². The summed E-state index contributed by atoms with van der Waals surface area (Å²) >= 11 is 0. The number of terminal acetylenes is 1. The van der Waals surface area contributed by atoms with Gasteiger partial charge >= 0.3 is 0 Å². The number of nitrogens with one attached hydrogen (secondary N) is 1. The molecule has 0 aliphatic carbocycles. The van der Waals surface area contributed by atoms with Crippen LogP contribution < -0.4 is 5.32 Å². The largest absolute Gasteiger partial charge is 0.372 e. The summed E-state index contributed by atoms with van der Waals surface area (Å²) in [7, 11) is 0. The molecule has 2 atom stereocenters. The van der Waals surface area contributed by atoms with Crippen molar-refractivity contribution < 1.29 is 4.74 Å². The van der Waals surface area contributed by atoms with Crippen molar-refractivity contribution in [2.24, 2.45) is 0 Å². The van der Waals surface area contributed by atoms with Crippen LogP contribution in [0.25, 0.3) is 0 Å². The molecule has 1 fully saturated rings. The molecule has 104 valence electrons. The van der Waals surface area contributed by atoms with Gasteiger partial charge in [-0.05, 0) is 40.2 Å². The summed E-state index contributed by atoms with van der Waals surface area (Å²) in [4.78, 5) is 2.27. The van der Waals surface area contributed by atoms with Gasteiger partial charge < -0.3 is 10.1 Å². The van der Waals surface area contributed by atoms with Gasteiger partial charge in [0.25, 0.3) is 0 Å². The Morgan fingerprint density at radius 3 is 2.56 bits per heavy atom. The topological polar surface area (TPSA) is 24.5 Å². The minimum Gasteiger partial charge on any atom is -0.372 e. The van der Waals surface area contributed by atoms with Crippen molar-refractivity contribution in [1.29, 1.82) is 0 Å². The smallest absolute Gasteiger partial charge is 0.0707 e. The summed E-state index contributed by atoms with van der Waals surface area (Å²) in [6.07, 6.45) is 8.38. The third-order valence-electron chi connectivity index (χ3n) is 3.28. The molecule has 18 heavy (non-hydrogen) atoms. The molecule has 0 spiro atoms. The highest BCUT2D eigenvalue weighted by Crippen LogP contribution is 2.20. The summed E-state index contributed by atoms with van der Waals surface area (Å²) in [5.74, 6) is 2.71. The monoisotopic (exact) mass is 252 g/mol. The molecule has 1 rings (SSSR count). The van der Waals surface area contributed by atoms with Gasteiger partial charge in [0.15, 0.2) is 0 Å². The van der Waals surface area contributed by atoms with Crippen molar-refractivity contribution in [1.82, 2.24) is 10.2 Å². The average molecular weight is 252 g/mol. The van der Waals surface area contributed by atoms with Crippen LogP contribution in [-0.2, 0) is 4.74 Å². The van der Waals surface area contributed by atoms with Crippen LogP contribution >= 0.6 is 0 Å². The molecule has 0 amide bonds. The highest BCUT2D eigenvalue weighted by molar-refractivity contribution is 4.89. The lowest BCUT2D eigenvalue weighted by Gasteiger charge is -2.25. The van der Waals surface area contributed by atoms with Gasteiger partial charge in [-0.15, -0.1) is 6.42 Å². The summed E-state index contributed by atoms with van der Waals surface area (Å²) in [6, 6.07) is 0. The molecule has 1 saturated heterocycles. The van der Waals surface area contributed by atoms with Crippen LogP contribution in [0.5, 0.6) is 0 Å². The maximum absolute atomic E-state index is 6.06. The molecular weight excluding hydrogens is 224 g/mol. The molecule has 1 N–H and O–H groups in total. The molecule has 2 unspecified atom stereocenters. The summed E-state index contributed by atoms with van der Waals surface area (Å²) in [5, 5.41) is 3.51. The second kappa shape index (κ2) is 7.13. The molecule has 0 aromatic rings. The SMILES string of the molecule is C#CCN(CC)CC1CCC(CNC(C)(C)C)O1. The molecule has 1 heterocycles. The number of nitrogens with zero attached hydrogens (tertiary/aromatic N) is 1. The molecule has 1 aliphatic rings. The molecular formula is C15H28N2O. The van der Waals surface area contributed by atoms with Crippen molar-refractivity contribution in [2.75, 3.05) is 26.2 Å². The Balaban J connectivity index is 2.26. The lowest BCUT2D eigenvalue weighted by atomic mass is 10.1. The number of hydrogen-bond acceptors (Lipinski definition) is 3. The first kappa shape index (κ1) is 15.5. The highest BCUT2D eigenvalue weighted by Gasteiger charge is 2.27. The molecule has 0 radical (unpaired) electrons. The Morgan fingerprint density at radius 2 is 2.00 bits per heavy atom. The van der Waals surface area contributed by atoms with Gasteiger partial charge in [-0.3, -0.25) is 4.90 Å². The normalized spacial score (nSPS) is 24.4. The van der Waals surface area contributed by atoms with E-state index in [0.717, 1.165) is 39.0 Å². The lowest BCUT2D eigenvalue weighted by Crippen LogP contribution is -2.41. The van der Waals surface area contributed by atoms with Gasteiger partial charge in [0.05, 0.1) is 18.8 Å². The Bertz CT molecular complexity index is 277. The number of likely N-dealkylation sites (N-methyl/N-ethyl adjacent to an activating group) is 1. The zero-order chi connectivity index (χ0) is 13.6. The number of ether oxygens (including phenoxy) is 1. The van der Waals surface area contributed by atoms with Gasteiger partial charge in [0.2, 0.25) is 0 Å². The van der Waals surface area contributed by atoms with Crippen LogP contribution in [-0.4, -0.2) is 48.8 Å². The maximum Gasteiger partial charge on any atom is 0.0707 e. The zero-order valence-electron chi connectivity index (χ0n) is 12.3. The van der Waals surface area contributed by atoms with E-state index < -0.39 is 0 Å². The van der Waals surface area contributed by atoms with Crippen LogP contribution in [0.1, 0.15) is 40.5 Å². The summed E-state index contributed by atoms with van der Waals surface area (Å²) in [6.45, 7) is 12.3. The van der Waals surface area contributed by atoms with Gasteiger partial charge in [0, 0.05) is 18.6 Å². The Morgan fingerprint density at radius 1 is 1.33 bits per heavy atom. The lowest BCUT2D eigenvalue weighted by molar-refractivity contribution is 0.0240. The fourth-order valence-electron chi connectivity index (χ4n) is 2.21. The summed E-state index contributed by atoms with van der Waals surface area (Å²) in [5.41, 5.74) is 0.167.